The Morgan fingerprint density at radius 2 is 1.45 bits per heavy atom. The second kappa shape index (κ2) is 6.58. The summed E-state index contributed by atoms with van der Waals surface area (Å²) in [5.74, 6) is 0. The van der Waals surface area contributed by atoms with Crippen molar-refractivity contribution in [3.63, 3.8) is 0 Å². The van der Waals surface area contributed by atoms with E-state index in [4.69, 9.17) is 4.74 Å². The molecule has 0 aromatic heterocycles. The fraction of sp³-hybridized carbons (Fsp3) is 0.176. The van der Waals surface area contributed by atoms with E-state index in [9.17, 15) is 4.57 Å². The van der Waals surface area contributed by atoms with Crippen molar-refractivity contribution in [1.29, 1.82) is 0 Å². The van der Waals surface area contributed by atoms with E-state index in [2.05, 4.69) is 0 Å². The summed E-state index contributed by atoms with van der Waals surface area (Å²) in [6.45, 7) is 2.01. The van der Waals surface area contributed by atoms with Gasteiger partial charge in [-0.1, -0.05) is 67.6 Å². The van der Waals surface area contributed by atoms with Crippen LogP contribution in [0.2, 0.25) is 0 Å². The second-order valence-corrected chi connectivity index (χ2v) is 7.13. The first-order valence-corrected chi connectivity index (χ1v) is 8.40. The SMILES string of the molecule is CC/C=C(\OC)P(=O)(c1ccccc1)c1ccccc1. The molecule has 2 nitrogen and oxygen atoms in total. The average molecular weight is 286 g/mol. The smallest absolute Gasteiger partial charge is 0.203 e. The molecule has 0 fully saturated rings. The zero-order valence-corrected chi connectivity index (χ0v) is 12.7. The average Bonchev–Trinajstić information content (AvgIpc) is 2.53. The van der Waals surface area contributed by atoms with Gasteiger partial charge in [-0.05, 0) is 12.5 Å². The summed E-state index contributed by atoms with van der Waals surface area (Å²) in [5, 5.41) is 1.60. The van der Waals surface area contributed by atoms with Gasteiger partial charge in [0.15, 0.2) is 5.50 Å². The predicted octanol–water partition coefficient (Wildman–Crippen LogP) is 3.90. The minimum Gasteiger partial charge on any atom is -0.493 e. The Bertz CT molecular complexity index is 574. The molecule has 0 saturated heterocycles. The minimum atomic E-state index is -2.91. The van der Waals surface area contributed by atoms with Crippen LogP contribution in [0.5, 0.6) is 0 Å². The van der Waals surface area contributed by atoms with Crippen molar-refractivity contribution in [2.75, 3.05) is 7.11 Å². The minimum absolute atomic E-state index is 0.553. The molecule has 20 heavy (non-hydrogen) atoms. The van der Waals surface area contributed by atoms with Crippen LogP contribution in [-0.4, -0.2) is 7.11 Å². The Morgan fingerprint density at radius 1 is 1.00 bits per heavy atom. The molecule has 0 heterocycles. The van der Waals surface area contributed by atoms with E-state index in [1.54, 1.807) is 7.11 Å². The Kier molecular flexibility index (Phi) is 4.81. The van der Waals surface area contributed by atoms with Crippen LogP contribution in [0.3, 0.4) is 0 Å². The highest BCUT2D eigenvalue weighted by atomic mass is 31.2. The summed E-state index contributed by atoms with van der Waals surface area (Å²) >= 11 is 0. The molecule has 0 atom stereocenters. The van der Waals surface area contributed by atoms with Crippen molar-refractivity contribution in [1.82, 2.24) is 0 Å². The molecule has 0 saturated carbocycles. The van der Waals surface area contributed by atoms with Crippen LogP contribution in [0.15, 0.2) is 72.2 Å². The maximum atomic E-state index is 13.7. The molecule has 0 aliphatic heterocycles. The molecule has 0 aliphatic carbocycles. The Hall–Kier alpha value is -1.79. The van der Waals surface area contributed by atoms with Gasteiger partial charge in [-0.25, -0.2) is 0 Å². The summed E-state index contributed by atoms with van der Waals surface area (Å²) < 4.78 is 19.2. The standard InChI is InChI=1S/C17H19O2P/c1-3-10-17(19-2)20(18,15-11-6-4-7-12-15)16-13-8-5-9-14-16/h4-14H,3H2,1-2H3/b17-10+. The molecule has 0 aliphatic rings. The van der Waals surface area contributed by atoms with Gasteiger partial charge in [-0.3, -0.25) is 0 Å². The maximum absolute atomic E-state index is 13.7. The van der Waals surface area contributed by atoms with Gasteiger partial charge in [0.05, 0.1) is 7.11 Å². The summed E-state index contributed by atoms with van der Waals surface area (Å²) in [6, 6.07) is 19.1. The molecular weight excluding hydrogens is 267 g/mol. The van der Waals surface area contributed by atoms with Crippen molar-refractivity contribution in [3.05, 3.63) is 72.2 Å². The summed E-state index contributed by atoms with van der Waals surface area (Å²) in [5.41, 5.74) is 0.553. The molecule has 2 aromatic rings. The van der Waals surface area contributed by atoms with Gasteiger partial charge < -0.3 is 9.30 Å². The number of ether oxygens (including phenoxy) is 1. The van der Waals surface area contributed by atoms with Crippen LogP contribution in [0.4, 0.5) is 0 Å². The third-order valence-electron chi connectivity index (χ3n) is 3.14. The van der Waals surface area contributed by atoms with Gasteiger partial charge in [0.25, 0.3) is 0 Å². The Morgan fingerprint density at radius 3 is 1.80 bits per heavy atom. The van der Waals surface area contributed by atoms with Gasteiger partial charge in [0.1, 0.15) is 0 Å². The van der Waals surface area contributed by atoms with Crippen LogP contribution in [0.25, 0.3) is 0 Å². The van der Waals surface area contributed by atoms with E-state index in [0.717, 1.165) is 17.0 Å². The van der Waals surface area contributed by atoms with E-state index >= 15 is 0 Å². The van der Waals surface area contributed by atoms with Crippen molar-refractivity contribution in [3.8, 4) is 0 Å². The van der Waals surface area contributed by atoms with Gasteiger partial charge >= 0.3 is 0 Å². The van der Waals surface area contributed by atoms with Crippen molar-refractivity contribution < 1.29 is 9.30 Å². The number of benzene rings is 2. The topological polar surface area (TPSA) is 26.3 Å². The highest BCUT2D eigenvalue weighted by molar-refractivity contribution is 7.82. The fourth-order valence-corrected chi connectivity index (χ4v) is 4.88. The molecule has 3 heteroatoms. The number of methoxy groups -OCH3 is 1. The van der Waals surface area contributed by atoms with E-state index in [-0.39, 0.29) is 0 Å². The molecular formula is C17H19O2P. The lowest BCUT2D eigenvalue weighted by Crippen LogP contribution is -2.18. The normalized spacial score (nSPS) is 12.2. The first-order valence-electron chi connectivity index (χ1n) is 6.69. The van der Waals surface area contributed by atoms with Crippen molar-refractivity contribution in [2.24, 2.45) is 0 Å². The van der Waals surface area contributed by atoms with E-state index in [0.29, 0.717) is 5.50 Å². The molecule has 0 spiro atoms. The van der Waals surface area contributed by atoms with E-state index in [1.807, 2.05) is 73.7 Å². The molecule has 0 radical (unpaired) electrons. The van der Waals surface area contributed by atoms with Crippen LogP contribution in [-0.2, 0) is 9.30 Å². The Balaban J connectivity index is 2.67. The van der Waals surface area contributed by atoms with E-state index < -0.39 is 7.14 Å². The van der Waals surface area contributed by atoms with Crippen LogP contribution in [0.1, 0.15) is 13.3 Å². The lowest BCUT2D eigenvalue weighted by molar-refractivity contribution is 0.317. The molecule has 2 aromatic carbocycles. The third-order valence-corrected chi connectivity index (χ3v) is 6.17. The fourth-order valence-electron chi connectivity index (χ4n) is 2.19. The van der Waals surface area contributed by atoms with Gasteiger partial charge in [-0.15, -0.1) is 0 Å². The molecule has 0 unspecified atom stereocenters. The zero-order chi connectivity index (χ0) is 14.4. The first kappa shape index (κ1) is 14.6. The van der Waals surface area contributed by atoms with Crippen LogP contribution in [0, 0.1) is 0 Å². The molecule has 104 valence electrons. The lowest BCUT2D eigenvalue weighted by atomic mass is 10.4. The molecule has 0 N–H and O–H groups in total. The van der Waals surface area contributed by atoms with Gasteiger partial charge in [-0.2, -0.15) is 0 Å². The van der Waals surface area contributed by atoms with Crippen molar-refractivity contribution in [2.45, 2.75) is 13.3 Å². The first-order chi connectivity index (χ1) is 9.73. The van der Waals surface area contributed by atoms with Gasteiger partial charge in [0, 0.05) is 10.6 Å². The summed E-state index contributed by atoms with van der Waals surface area (Å²) in [6.07, 6.45) is 2.69. The monoisotopic (exact) mass is 286 g/mol. The number of hydrogen-bond acceptors (Lipinski definition) is 2. The Labute approximate surface area is 120 Å². The summed E-state index contributed by atoms with van der Waals surface area (Å²) in [4.78, 5) is 0. The highest BCUT2D eigenvalue weighted by Gasteiger charge is 2.32. The third kappa shape index (κ3) is 2.71. The lowest BCUT2D eigenvalue weighted by Gasteiger charge is -2.21. The van der Waals surface area contributed by atoms with Crippen LogP contribution < -0.4 is 10.6 Å². The van der Waals surface area contributed by atoms with Crippen LogP contribution >= 0.6 is 7.14 Å². The summed E-state index contributed by atoms with van der Waals surface area (Å²) in [7, 11) is -1.33. The number of rotatable bonds is 5. The zero-order valence-electron chi connectivity index (χ0n) is 11.8. The predicted molar refractivity (Wildman–Crippen MR) is 85.1 cm³/mol. The van der Waals surface area contributed by atoms with Crippen molar-refractivity contribution >= 4 is 17.8 Å². The van der Waals surface area contributed by atoms with Gasteiger partial charge in [0.2, 0.25) is 7.14 Å². The number of hydrogen-bond donors (Lipinski definition) is 0. The molecule has 0 amide bonds. The molecule has 0 bridgehead atoms. The van der Waals surface area contributed by atoms with E-state index in [1.165, 1.54) is 0 Å². The largest absolute Gasteiger partial charge is 0.493 e. The highest BCUT2D eigenvalue weighted by Crippen LogP contribution is 2.51. The quantitative estimate of drug-likeness (QED) is 0.615. The number of allylic oxidation sites excluding steroid dienone is 1. The molecule has 2 rings (SSSR count). The second-order valence-electron chi connectivity index (χ2n) is 4.44. The maximum Gasteiger partial charge on any atom is 0.203 e.